The molecule has 3 aromatic carbocycles. The maximum atomic E-state index is 12.1. The number of carbonyl (C=O) groups is 1. The van der Waals surface area contributed by atoms with Crippen LogP contribution in [0.5, 0.6) is 23.0 Å². The van der Waals surface area contributed by atoms with E-state index in [1.54, 1.807) is 44.6 Å². The van der Waals surface area contributed by atoms with Gasteiger partial charge in [-0.15, -0.1) is 0 Å². The molecule has 0 bridgehead atoms. The van der Waals surface area contributed by atoms with Crippen LogP contribution < -0.4 is 24.8 Å². The first-order chi connectivity index (χ1) is 15.1. The Balaban J connectivity index is 1.46. The van der Waals surface area contributed by atoms with E-state index < -0.39 is 0 Å². The normalized spacial score (nSPS) is 9.97. The zero-order chi connectivity index (χ0) is 22.1. The van der Waals surface area contributed by atoms with E-state index in [2.05, 4.69) is 15.5 Å². The topological polar surface area (TPSA) is 73.2 Å². The highest BCUT2D eigenvalue weighted by atomic mass is 16.5. The molecular formula is C24H23N3O4. The van der Waals surface area contributed by atoms with Crippen molar-refractivity contribution in [1.82, 2.24) is 10.6 Å². The lowest BCUT2D eigenvalue weighted by Crippen LogP contribution is -2.34. The number of hydrogen-bond donors (Lipinski definition) is 2. The van der Waals surface area contributed by atoms with Gasteiger partial charge in [0.05, 0.1) is 20.8 Å². The highest BCUT2D eigenvalue weighted by molar-refractivity contribution is 5.73. The van der Waals surface area contributed by atoms with E-state index in [4.69, 9.17) is 20.8 Å². The fourth-order valence-corrected chi connectivity index (χ4v) is 2.82. The third-order valence-corrected chi connectivity index (χ3v) is 4.48. The lowest BCUT2D eigenvalue weighted by molar-refractivity contribution is 0.240. The van der Waals surface area contributed by atoms with Crippen LogP contribution in [-0.2, 0) is 13.1 Å². The molecule has 0 aromatic heterocycles. The Kier molecular flexibility index (Phi) is 7.33. The van der Waals surface area contributed by atoms with Gasteiger partial charge in [0.1, 0.15) is 11.5 Å². The lowest BCUT2D eigenvalue weighted by Gasteiger charge is -2.11. The summed E-state index contributed by atoms with van der Waals surface area (Å²) < 4.78 is 16.2. The van der Waals surface area contributed by atoms with Crippen LogP contribution in [0.1, 0.15) is 11.1 Å². The Hall–Kier alpha value is -4.18. The molecule has 0 spiro atoms. The number of rotatable bonds is 8. The summed E-state index contributed by atoms with van der Waals surface area (Å²) >= 11 is 0. The fourth-order valence-electron chi connectivity index (χ4n) is 2.82. The van der Waals surface area contributed by atoms with Crippen LogP contribution in [0.3, 0.4) is 0 Å². The average molecular weight is 417 g/mol. The van der Waals surface area contributed by atoms with Crippen molar-refractivity contribution in [2.45, 2.75) is 13.1 Å². The maximum absolute atomic E-state index is 12.1. The largest absolute Gasteiger partial charge is 0.493 e. The van der Waals surface area contributed by atoms with Gasteiger partial charge in [0, 0.05) is 13.1 Å². The second kappa shape index (κ2) is 10.6. The molecule has 0 saturated heterocycles. The molecule has 0 saturated carbocycles. The van der Waals surface area contributed by atoms with Gasteiger partial charge >= 0.3 is 6.03 Å². The van der Waals surface area contributed by atoms with Crippen molar-refractivity contribution in [2.24, 2.45) is 0 Å². The molecule has 2 N–H and O–H groups in total. The number of amides is 2. The van der Waals surface area contributed by atoms with Gasteiger partial charge in [-0.3, -0.25) is 0 Å². The van der Waals surface area contributed by atoms with Crippen molar-refractivity contribution in [3.05, 3.63) is 89.3 Å². The van der Waals surface area contributed by atoms with Crippen molar-refractivity contribution >= 4 is 11.7 Å². The standard InChI is InChI=1S/C24H23N3O4/c1-25-19-7-11-21(12-8-19)31-20-9-4-17(5-10-20)15-26-24(28)27-16-18-6-13-22(29-2)23(14-18)30-3/h4-14H,15-16H2,2-3H3,(H2,26,27,28). The molecule has 3 rings (SSSR count). The zero-order valence-electron chi connectivity index (χ0n) is 17.3. The van der Waals surface area contributed by atoms with Crippen molar-refractivity contribution < 1.29 is 19.0 Å². The first-order valence-corrected chi connectivity index (χ1v) is 9.58. The molecule has 7 nitrogen and oxygen atoms in total. The molecule has 0 atom stereocenters. The molecule has 158 valence electrons. The van der Waals surface area contributed by atoms with Crippen LogP contribution in [0.15, 0.2) is 66.7 Å². The summed E-state index contributed by atoms with van der Waals surface area (Å²) in [5, 5.41) is 5.65. The van der Waals surface area contributed by atoms with E-state index in [0.29, 0.717) is 41.8 Å². The van der Waals surface area contributed by atoms with Gasteiger partial charge in [-0.05, 0) is 47.5 Å². The monoisotopic (exact) mass is 417 g/mol. The molecule has 0 aliphatic carbocycles. The minimum Gasteiger partial charge on any atom is -0.493 e. The summed E-state index contributed by atoms with van der Waals surface area (Å²) in [4.78, 5) is 15.5. The van der Waals surface area contributed by atoms with E-state index in [9.17, 15) is 4.79 Å². The number of carbonyl (C=O) groups excluding carboxylic acids is 1. The molecule has 0 aliphatic rings. The third kappa shape index (κ3) is 6.15. The third-order valence-electron chi connectivity index (χ3n) is 4.48. The van der Waals surface area contributed by atoms with Crippen LogP contribution in [0, 0.1) is 6.57 Å². The van der Waals surface area contributed by atoms with Crippen molar-refractivity contribution in [3.63, 3.8) is 0 Å². The maximum Gasteiger partial charge on any atom is 0.315 e. The molecule has 2 amide bonds. The van der Waals surface area contributed by atoms with Crippen molar-refractivity contribution in [1.29, 1.82) is 0 Å². The number of urea groups is 1. The Morgan fingerprint density at radius 1 is 0.806 bits per heavy atom. The fraction of sp³-hybridized carbons (Fsp3) is 0.167. The Bertz CT molecular complexity index is 1060. The highest BCUT2D eigenvalue weighted by Crippen LogP contribution is 2.27. The van der Waals surface area contributed by atoms with Crippen LogP contribution >= 0.6 is 0 Å². The average Bonchev–Trinajstić information content (AvgIpc) is 2.82. The molecule has 3 aromatic rings. The summed E-state index contributed by atoms with van der Waals surface area (Å²) in [6.07, 6.45) is 0. The molecule has 7 heteroatoms. The summed E-state index contributed by atoms with van der Waals surface area (Å²) in [6.45, 7) is 7.72. The smallest absolute Gasteiger partial charge is 0.315 e. The quantitative estimate of drug-likeness (QED) is 0.503. The number of nitrogens with one attached hydrogen (secondary N) is 2. The predicted octanol–water partition coefficient (Wildman–Crippen LogP) is 5.05. The number of methoxy groups -OCH3 is 2. The highest BCUT2D eigenvalue weighted by Gasteiger charge is 2.06. The van der Waals surface area contributed by atoms with E-state index in [1.807, 2.05) is 36.4 Å². The second-order valence-corrected chi connectivity index (χ2v) is 6.58. The first kappa shape index (κ1) is 21.5. The van der Waals surface area contributed by atoms with Gasteiger partial charge in [0.25, 0.3) is 0 Å². The minimum absolute atomic E-state index is 0.269. The van der Waals surface area contributed by atoms with Crippen LogP contribution in [0.2, 0.25) is 0 Å². The van der Waals surface area contributed by atoms with E-state index in [1.165, 1.54) is 0 Å². The van der Waals surface area contributed by atoms with Gasteiger partial charge in [0.15, 0.2) is 17.2 Å². The summed E-state index contributed by atoms with van der Waals surface area (Å²) in [5.41, 5.74) is 2.41. The number of ether oxygens (including phenoxy) is 3. The van der Waals surface area contributed by atoms with Crippen molar-refractivity contribution in [3.8, 4) is 23.0 Å². The Morgan fingerprint density at radius 2 is 1.35 bits per heavy atom. The van der Waals surface area contributed by atoms with Gasteiger partial charge < -0.3 is 24.8 Å². The molecule has 0 unspecified atom stereocenters. The molecule has 0 heterocycles. The van der Waals surface area contributed by atoms with Crippen LogP contribution in [0.4, 0.5) is 10.5 Å². The van der Waals surface area contributed by atoms with E-state index in [0.717, 1.165) is 11.1 Å². The molecule has 0 fully saturated rings. The number of hydrogen-bond acceptors (Lipinski definition) is 4. The molecular weight excluding hydrogens is 394 g/mol. The van der Waals surface area contributed by atoms with Gasteiger partial charge in [0.2, 0.25) is 0 Å². The Morgan fingerprint density at radius 3 is 1.94 bits per heavy atom. The first-order valence-electron chi connectivity index (χ1n) is 9.58. The lowest BCUT2D eigenvalue weighted by atomic mass is 10.2. The zero-order valence-corrected chi connectivity index (χ0v) is 17.3. The summed E-state index contributed by atoms with van der Waals surface area (Å²) in [5.74, 6) is 2.60. The van der Waals surface area contributed by atoms with Gasteiger partial charge in [-0.25, -0.2) is 9.64 Å². The molecule has 0 aliphatic heterocycles. The summed E-state index contributed by atoms with van der Waals surface area (Å²) in [6, 6.07) is 19.6. The Labute approximate surface area is 181 Å². The molecule has 31 heavy (non-hydrogen) atoms. The number of nitrogens with zero attached hydrogens (tertiary/aromatic N) is 1. The SMILES string of the molecule is [C-]#[N+]c1ccc(Oc2ccc(CNC(=O)NCc3ccc(OC)c(OC)c3)cc2)cc1. The van der Waals surface area contributed by atoms with Gasteiger partial charge in [-0.1, -0.05) is 30.3 Å². The van der Waals surface area contributed by atoms with Crippen LogP contribution in [-0.4, -0.2) is 20.3 Å². The minimum atomic E-state index is -0.269. The molecule has 0 radical (unpaired) electrons. The summed E-state index contributed by atoms with van der Waals surface area (Å²) in [7, 11) is 3.15. The van der Waals surface area contributed by atoms with E-state index in [-0.39, 0.29) is 6.03 Å². The van der Waals surface area contributed by atoms with Gasteiger partial charge in [-0.2, -0.15) is 0 Å². The van der Waals surface area contributed by atoms with Crippen LogP contribution in [0.25, 0.3) is 4.85 Å². The number of benzene rings is 3. The van der Waals surface area contributed by atoms with Crippen molar-refractivity contribution in [2.75, 3.05) is 14.2 Å². The predicted molar refractivity (Wildman–Crippen MR) is 118 cm³/mol. The second-order valence-electron chi connectivity index (χ2n) is 6.58. The van der Waals surface area contributed by atoms with E-state index >= 15 is 0 Å².